The topological polar surface area (TPSA) is 57.6 Å². The fraction of sp³-hybridized carbons (Fsp3) is 0.636. The minimum Gasteiger partial charge on any atom is -0.396 e. The largest absolute Gasteiger partial charge is 0.396 e. The van der Waals surface area contributed by atoms with Crippen LogP contribution in [0.25, 0.3) is 0 Å². The molecule has 0 saturated carbocycles. The van der Waals surface area contributed by atoms with E-state index in [1.807, 2.05) is 13.0 Å². The van der Waals surface area contributed by atoms with Gasteiger partial charge in [0.25, 0.3) is 10.0 Å². The predicted octanol–water partition coefficient (Wildman–Crippen LogP) is 1.84. The summed E-state index contributed by atoms with van der Waals surface area (Å²) in [6.45, 7) is 2.56. The van der Waals surface area contributed by atoms with Crippen LogP contribution in [0, 0.1) is 6.92 Å². The molecule has 6 heteroatoms. The van der Waals surface area contributed by atoms with Gasteiger partial charge >= 0.3 is 0 Å². The Kier molecular flexibility index (Phi) is 5.58. The van der Waals surface area contributed by atoms with Crippen LogP contribution >= 0.6 is 11.3 Å². The van der Waals surface area contributed by atoms with Gasteiger partial charge in [-0.25, -0.2) is 12.7 Å². The Bertz CT molecular complexity index is 439. The van der Waals surface area contributed by atoms with Gasteiger partial charge in [-0.15, -0.1) is 11.3 Å². The summed E-state index contributed by atoms with van der Waals surface area (Å²) in [5.74, 6) is 0. The third-order valence-electron chi connectivity index (χ3n) is 2.51. The van der Waals surface area contributed by atoms with Crippen LogP contribution in [0.1, 0.15) is 24.1 Å². The van der Waals surface area contributed by atoms with Crippen molar-refractivity contribution in [3.63, 3.8) is 0 Å². The van der Waals surface area contributed by atoms with Crippen molar-refractivity contribution in [2.75, 3.05) is 20.2 Å². The van der Waals surface area contributed by atoms with E-state index in [0.29, 0.717) is 10.8 Å². The van der Waals surface area contributed by atoms with E-state index in [1.165, 1.54) is 15.6 Å². The summed E-state index contributed by atoms with van der Waals surface area (Å²) in [6.07, 6.45) is 2.35. The highest BCUT2D eigenvalue weighted by Crippen LogP contribution is 2.23. The van der Waals surface area contributed by atoms with Gasteiger partial charge in [0.2, 0.25) is 0 Å². The zero-order valence-corrected chi connectivity index (χ0v) is 11.9. The highest BCUT2D eigenvalue weighted by molar-refractivity contribution is 7.91. The predicted molar refractivity (Wildman–Crippen MR) is 69.8 cm³/mol. The molecule has 0 aliphatic heterocycles. The number of aryl methyl sites for hydroxylation is 1. The van der Waals surface area contributed by atoms with Crippen LogP contribution in [0.5, 0.6) is 0 Å². The molecule has 0 amide bonds. The van der Waals surface area contributed by atoms with Crippen molar-refractivity contribution in [3.8, 4) is 0 Å². The molecule has 0 aliphatic carbocycles. The molecule has 0 fully saturated rings. The molecular formula is C11H19NO3S2. The highest BCUT2D eigenvalue weighted by Gasteiger charge is 2.21. The molecule has 0 spiro atoms. The third-order valence-corrected chi connectivity index (χ3v) is 5.84. The van der Waals surface area contributed by atoms with Crippen molar-refractivity contribution in [1.82, 2.24) is 4.31 Å². The number of hydrogen-bond donors (Lipinski definition) is 1. The summed E-state index contributed by atoms with van der Waals surface area (Å²) < 4.78 is 26.0. The van der Waals surface area contributed by atoms with Crippen LogP contribution in [0.3, 0.4) is 0 Å². The van der Waals surface area contributed by atoms with Crippen molar-refractivity contribution in [2.45, 2.75) is 30.4 Å². The molecule has 0 aromatic carbocycles. The molecule has 0 atom stereocenters. The summed E-state index contributed by atoms with van der Waals surface area (Å²) in [4.78, 5) is 0.997. The van der Waals surface area contributed by atoms with Gasteiger partial charge in [-0.3, -0.25) is 0 Å². The van der Waals surface area contributed by atoms with E-state index in [1.54, 1.807) is 13.1 Å². The Labute approximate surface area is 107 Å². The van der Waals surface area contributed by atoms with Crippen molar-refractivity contribution in [2.24, 2.45) is 0 Å². The fourth-order valence-corrected chi connectivity index (χ4v) is 4.15. The monoisotopic (exact) mass is 277 g/mol. The first-order valence-corrected chi connectivity index (χ1v) is 7.88. The van der Waals surface area contributed by atoms with E-state index < -0.39 is 10.0 Å². The standard InChI is InChI=1S/C11H19NO3S2/c1-10-6-7-11(16-10)17(14,15)12(2)8-4-3-5-9-13/h6-7,13H,3-5,8-9H2,1-2H3. The quantitative estimate of drug-likeness (QED) is 0.774. The number of rotatable bonds is 7. The Morgan fingerprint density at radius 2 is 2.00 bits per heavy atom. The maximum absolute atomic E-state index is 12.1. The van der Waals surface area contributed by atoms with Gasteiger partial charge in [0.05, 0.1) is 0 Å². The summed E-state index contributed by atoms with van der Waals surface area (Å²) in [5.41, 5.74) is 0. The molecule has 17 heavy (non-hydrogen) atoms. The summed E-state index contributed by atoms with van der Waals surface area (Å²) in [7, 11) is -1.72. The molecule has 1 aromatic rings. The second-order valence-electron chi connectivity index (χ2n) is 3.98. The molecule has 0 radical (unpaired) electrons. The second kappa shape index (κ2) is 6.49. The Balaban J connectivity index is 2.58. The Hall–Kier alpha value is -0.430. The van der Waals surface area contributed by atoms with E-state index in [-0.39, 0.29) is 6.61 Å². The van der Waals surface area contributed by atoms with E-state index in [0.717, 1.165) is 24.1 Å². The Morgan fingerprint density at radius 3 is 2.53 bits per heavy atom. The second-order valence-corrected chi connectivity index (χ2v) is 7.54. The fourth-order valence-electron chi connectivity index (χ4n) is 1.45. The van der Waals surface area contributed by atoms with Crippen LogP contribution in [0.2, 0.25) is 0 Å². The lowest BCUT2D eigenvalue weighted by molar-refractivity contribution is 0.281. The molecule has 0 aliphatic rings. The lowest BCUT2D eigenvalue weighted by Gasteiger charge is -2.15. The van der Waals surface area contributed by atoms with Crippen molar-refractivity contribution in [1.29, 1.82) is 0 Å². The Morgan fingerprint density at radius 1 is 1.29 bits per heavy atom. The minimum atomic E-state index is -3.32. The number of aliphatic hydroxyl groups is 1. The van der Waals surface area contributed by atoms with Gasteiger partial charge in [-0.2, -0.15) is 0 Å². The van der Waals surface area contributed by atoms with Crippen molar-refractivity contribution < 1.29 is 13.5 Å². The molecule has 98 valence electrons. The third kappa shape index (κ3) is 4.06. The SMILES string of the molecule is Cc1ccc(S(=O)(=O)N(C)CCCCCO)s1. The molecular weight excluding hydrogens is 258 g/mol. The maximum Gasteiger partial charge on any atom is 0.252 e. The lowest BCUT2D eigenvalue weighted by atomic mass is 10.2. The number of thiophene rings is 1. The van der Waals surface area contributed by atoms with E-state index in [4.69, 9.17) is 5.11 Å². The molecule has 0 saturated heterocycles. The number of hydrogen-bond acceptors (Lipinski definition) is 4. The summed E-state index contributed by atoms with van der Waals surface area (Å²) >= 11 is 1.30. The van der Waals surface area contributed by atoms with Crippen LogP contribution in [-0.2, 0) is 10.0 Å². The molecule has 0 bridgehead atoms. The highest BCUT2D eigenvalue weighted by atomic mass is 32.2. The van der Waals surface area contributed by atoms with Crippen LogP contribution in [0.15, 0.2) is 16.3 Å². The average molecular weight is 277 g/mol. The van der Waals surface area contributed by atoms with Gasteiger partial charge in [0, 0.05) is 25.1 Å². The number of sulfonamides is 1. The van der Waals surface area contributed by atoms with Crippen LogP contribution < -0.4 is 0 Å². The number of aliphatic hydroxyl groups excluding tert-OH is 1. The number of unbranched alkanes of at least 4 members (excludes halogenated alkanes) is 2. The van der Waals surface area contributed by atoms with E-state index in [9.17, 15) is 8.42 Å². The van der Waals surface area contributed by atoms with Crippen LogP contribution in [-0.4, -0.2) is 38.0 Å². The molecule has 0 unspecified atom stereocenters. The van der Waals surface area contributed by atoms with E-state index >= 15 is 0 Å². The smallest absolute Gasteiger partial charge is 0.252 e. The van der Waals surface area contributed by atoms with Gasteiger partial charge in [-0.1, -0.05) is 0 Å². The number of nitrogens with zero attached hydrogens (tertiary/aromatic N) is 1. The molecule has 4 nitrogen and oxygen atoms in total. The zero-order valence-electron chi connectivity index (χ0n) is 10.2. The van der Waals surface area contributed by atoms with E-state index in [2.05, 4.69) is 0 Å². The molecule has 1 rings (SSSR count). The first-order chi connectivity index (χ1) is 7.98. The molecule has 1 aromatic heterocycles. The normalized spacial score (nSPS) is 12.2. The summed E-state index contributed by atoms with van der Waals surface area (Å²) in [6, 6.07) is 3.47. The van der Waals surface area contributed by atoms with Gasteiger partial charge in [0.15, 0.2) is 0 Å². The van der Waals surface area contributed by atoms with Gasteiger partial charge in [0.1, 0.15) is 4.21 Å². The molecule has 1 N–H and O–H groups in total. The van der Waals surface area contributed by atoms with Gasteiger partial charge in [-0.05, 0) is 38.3 Å². The first kappa shape index (κ1) is 14.6. The van der Waals surface area contributed by atoms with Crippen LogP contribution in [0.4, 0.5) is 0 Å². The van der Waals surface area contributed by atoms with Crippen molar-refractivity contribution >= 4 is 21.4 Å². The molecule has 1 heterocycles. The zero-order chi connectivity index (χ0) is 12.9. The summed E-state index contributed by atoms with van der Waals surface area (Å²) in [5, 5.41) is 8.64. The van der Waals surface area contributed by atoms with Crippen molar-refractivity contribution in [3.05, 3.63) is 17.0 Å². The maximum atomic E-state index is 12.1. The van der Waals surface area contributed by atoms with Gasteiger partial charge < -0.3 is 5.11 Å². The average Bonchev–Trinajstić information content (AvgIpc) is 2.71. The minimum absolute atomic E-state index is 0.167. The lowest BCUT2D eigenvalue weighted by Crippen LogP contribution is -2.27. The first-order valence-electron chi connectivity index (χ1n) is 5.62.